The van der Waals surface area contributed by atoms with Gasteiger partial charge in [-0.2, -0.15) is 13.2 Å². The van der Waals surface area contributed by atoms with Crippen molar-refractivity contribution < 1.29 is 18.4 Å². The van der Waals surface area contributed by atoms with Crippen LogP contribution in [-0.2, 0) is 6.42 Å². The Bertz CT molecular complexity index is 945. The minimum atomic E-state index is -4.35. The summed E-state index contributed by atoms with van der Waals surface area (Å²) in [5, 5.41) is 13.0. The Kier molecular flexibility index (Phi) is 6.28. The number of hydrogen-bond donors (Lipinski definition) is 1. The highest BCUT2D eigenvalue weighted by Crippen LogP contribution is 2.37. The van der Waals surface area contributed by atoms with E-state index in [1.54, 1.807) is 12.1 Å². The standard InChI is InChI=1S/C20H15Cl3F3NO/c21-16-9-13(10-17(22)19(16)23)14(6-7-20(24,25)26)12-4-5-15-11(8-12)2-1-3-18(15)27-28/h4-6,8-10,28H,1-3,7H2/b14-6+,27-18?. The van der Waals surface area contributed by atoms with Gasteiger partial charge < -0.3 is 5.21 Å². The summed E-state index contributed by atoms with van der Waals surface area (Å²) >= 11 is 18.1. The Morgan fingerprint density at radius 3 is 2.32 bits per heavy atom. The SMILES string of the molecule is ON=C1CCCc2cc(/C(=C\CC(F)(F)F)c3cc(Cl)c(Cl)c(Cl)c3)ccc21. The molecule has 0 spiro atoms. The maximum absolute atomic E-state index is 12.9. The third-order valence-corrected chi connectivity index (χ3v) is 5.74. The molecule has 0 saturated heterocycles. The van der Waals surface area contributed by atoms with Crippen molar-refractivity contribution in [1.82, 2.24) is 0 Å². The van der Waals surface area contributed by atoms with E-state index in [4.69, 9.17) is 40.0 Å². The van der Waals surface area contributed by atoms with Gasteiger partial charge in [0.25, 0.3) is 0 Å². The Morgan fingerprint density at radius 1 is 1.04 bits per heavy atom. The van der Waals surface area contributed by atoms with Crippen LogP contribution in [0, 0.1) is 0 Å². The van der Waals surface area contributed by atoms with Crippen LogP contribution >= 0.6 is 34.8 Å². The van der Waals surface area contributed by atoms with Gasteiger partial charge in [-0.3, -0.25) is 0 Å². The van der Waals surface area contributed by atoms with Crippen LogP contribution in [0.25, 0.3) is 5.57 Å². The molecule has 1 aliphatic rings. The molecular weight excluding hydrogens is 434 g/mol. The second kappa shape index (κ2) is 8.36. The van der Waals surface area contributed by atoms with Crippen molar-refractivity contribution in [2.24, 2.45) is 5.16 Å². The van der Waals surface area contributed by atoms with Gasteiger partial charge in [0.2, 0.25) is 0 Å². The van der Waals surface area contributed by atoms with Crippen molar-refractivity contribution in [2.45, 2.75) is 31.9 Å². The molecule has 8 heteroatoms. The minimum Gasteiger partial charge on any atom is -0.411 e. The quantitative estimate of drug-likeness (QED) is 0.293. The number of rotatable bonds is 3. The number of benzene rings is 2. The molecule has 0 heterocycles. The highest BCUT2D eigenvalue weighted by atomic mass is 35.5. The average Bonchev–Trinajstić information content (AvgIpc) is 2.64. The van der Waals surface area contributed by atoms with E-state index in [1.165, 1.54) is 12.1 Å². The summed E-state index contributed by atoms with van der Waals surface area (Å²) in [5.74, 6) is 0. The second-order valence-corrected chi connectivity index (χ2v) is 7.66. The minimum absolute atomic E-state index is 0.150. The highest BCUT2D eigenvalue weighted by molar-refractivity contribution is 6.48. The number of nitrogens with zero attached hydrogens (tertiary/aromatic N) is 1. The maximum Gasteiger partial charge on any atom is 0.392 e. The van der Waals surface area contributed by atoms with Crippen LogP contribution in [0.5, 0.6) is 0 Å². The number of hydrogen-bond acceptors (Lipinski definition) is 2. The number of oxime groups is 1. The summed E-state index contributed by atoms with van der Waals surface area (Å²) in [4.78, 5) is 0. The molecule has 0 unspecified atom stereocenters. The van der Waals surface area contributed by atoms with Crippen LogP contribution in [-0.4, -0.2) is 17.1 Å². The fourth-order valence-corrected chi connectivity index (χ4v) is 3.86. The van der Waals surface area contributed by atoms with Crippen LogP contribution in [0.3, 0.4) is 0 Å². The molecule has 0 bridgehead atoms. The fourth-order valence-electron chi connectivity index (χ4n) is 3.27. The lowest BCUT2D eigenvalue weighted by Crippen LogP contribution is -2.12. The highest BCUT2D eigenvalue weighted by Gasteiger charge is 2.26. The van der Waals surface area contributed by atoms with Crippen LogP contribution in [0.1, 0.15) is 41.5 Å². The Hall–Kier alpha value is -1.69. The van der Waals surface area contributed by atoms with Crippen LogP contribution in [0.15, 0.2) is 41.6 Å². The number of fused-ring (bicyclic) bond motifs is 1. The average molecular weight is 449 g/mol. The van der Waals surface area contributed by atoms with E-state index in [2.05, 4.69) is 5.16 Å². The molecule has 2 aromatic rings. The third-order valence-electron chi connectivity index (χ3n) is 4.54. The summed E-state index contributed by atoms with van der Waals surface area (Å²) in [5.41, 5.74) is 3.69. The van der Waals surface area contributed by atoms with Crippen LogP contribution in [0.4, 0.5) is 13.2 Å². The molecular formula is C20H15Cl3F3NO. The molecule has 0 saturated carbocycles. The third kappa shape index (κ3) is 4.65. The van der Waals surface area contributed by atoms with Crippen molar-refractivity contribution >= 4 is 46.1 Å². The van der Waals surface area contributed by atoms with Crippen molar-refractivity contribution in [3.63, 3.8) is 0 Å². The lowest BCUT2D eigenvalue weighted by molar-refractivity contribution is -0.124. The molecule has 2 nitrogen and oxygen atoms in total. The van der Waals surface area contributed by atoms with Crippen LogP contribution < -0.4 is 0 Å². The van der Waals surface area contributed by atoms with Gasteiger partial charge in [-0.15, -0.1) is 0 Å². The molecule has 28 heavy (non-hydrogen) atoms. The number of aryl methyl sites for hydroxylation is 1. The van der Waals surface area contributed by atoms with Crippen molar-refractivity contribution in [2.75, 3.05) is 0 Å². The Labute approximate surface area is 175 Å². The second-order valence-electron chi connectivity index (χ2n) is 6.46. The molecule has 0 aromatic heterocycles. The van der Waals surface area contributed by atoms with Crippen LogP contribution in [0.2, 0.25) is 15.1 Å². The molecule has 0 atom stereocenters. The first-order valence-electron chi connectivity index (χ1n) is 8.46. The monoisotopic (exact) mass is 447 g/mol. The lowest BCUT2D eigenvalue weighted by Gasteiger charge is -2.19. The normalized spacial score (nSPS) is 16.4. The summed E-state index contributed by atoms with van der Waals surface area (Å²) in [7, 11) is 0. The van der Waals surface area contributed by atoms with E-state index < -0.39 is 12.6 Å². The van der Waals surface area contributed by atoms with E-state index in [0.717, 1.165) is 30.0 Å². The Morgan fingerprint density at radius 2 is 1.71 bits per heavy atom. The summed E-state index contributed by atoms with van der Waals surface area (Å²) in [6.45, 7) is 0. The van der Waals surface area contributed by atoms with Crippen molar-refractivity contribution in [3.05, 3.63) is 73.7 Å². The fraction of sp³-hybridized carbons (Fsp3) is 0.250. The predicted octanol–water partition coefficient (Wildman–Crippen LogP) is 7.55. The van der Waals surface area contributed by atoms with Gasteiger partial charge in [0.1, 0.15) is 0 Å². The lowest BCUT2D eigenvalue weighted by atomic mass is 9.86. The van der Waals surface area contributed by atoms with Crippen molar-refractivity contribution in [3.8, 4) is 0 Å². The zero-order chi connectivity index (χ0) is 20.5. The molecule has 1 N–H and O–H groups in total. The number of alkyl halides is 3. The molecule has 0 radical (unpaired) electrons. The van der Waals surface area contributed by atoms with Gasteiger partial charge in [0, 0.05) is 5.56 Å². The van der Waals surface area contributed by atoms with Gasteiger partial charge in [-0.25, -0.2) is 0 Å². The first kappa shape index (κ1) is 21.0. The summed E-state index contributed by atoms with van der Waals surface area (Å²) < 4.78 is 38.6. The molecule has 148 valence electrons. The zero-order valence-electron chi connectivity index (χ0n) is 14.5. The Balaban J connectivity index is 2.13. The maximum atomic E-state index is 12.9. The molecule has 0 amide bonds. The van der Waals surface area contributed by atoms with E-state index in [9.17, 15) is 13.2 Å². The first-order valence-corrected chi connectivity index (χ1v) is 9.59. The number of halogens is 6. The van der Waals surface area contributed by atoms with E-state index >= 15 is 0 Å². The van der Waals surface area contributed by atoms with Crippen molar-refractivity contribution in [1.29, 1.82) is 0 Å². The van der Waals surface area contributed by atoms with Gasteiger partial charge >= 0.3 is 6.18 Å². The first-order chi connectivity index (χ1) is 13.2. The zero-order valence-corrected chi connectivity index (χ0v) is 16.7. The predicted molar refractivity (Wildman–Crippen MR) is 107 cm³/mol. The topological polar surface area (TPSA) is 32.6 Å². The molecule has 2 aromatic carbocycles. The smallest absolute Gasteiger partial charge is 0.392 e. The molecule has 3 rings (SSSR count). The molecule has 0 aliphatic heterocycles. The van der Waals surface area contributed by atoms with Gasteiger partial charge in [0.05, 0.1) is 27.2 Å². The summed E-state index contributed by atoms with van der Waals surface area (Å²) in [6.07, 6.45) is -2.13. The van der Waals surface area contributed by atoms with Gasteiger partial charge in [0.15, 0.2) is 0 Å². The summed E-state index contributed by atoms with van der Waals surface area (Å²) in [6, 6.07) is 8.28. The largest absolute Gasteiger partial charge is 0.411 e. The van der Waals surface area contributed by atoms with E-state index in [-0.39, 0.29) is 15.1 Å². The van der Waals surface area contributed by atoms with E-state index in [0.29, 0.717) is 28.8 Å². The van der Waals surface area contributed by atoms with Gasteiger partial charge in [-0.1, -0.05) is 64.2 Å². The molecule has 1 aliphatic carbocycles. The van der Waals surface area contributed by atoms with E-state index in [1.807, 2.05) is 6.07 Å². The number of allylic oxidation sites excluding steroid dienone is 1. The molecule has 0 fully saturated rings. The van der Waals surface area contributed by atoms with Gasteiger partial charge in [-0.05, 0) is 53.7 Å².